The first-order valence-corrected chi connectivity index (χ1v) is 10.4. The van der Waals surface area contributed by atoms with Crippen molar-refractivity contribution < 1.29 is 17.6 Å². The van der Waals surface area contributed by atoms with Gasteiger partial charge in [0.25, 0.3) is 0 Å². The number of sulfonamides is 1. The monoisotopic (exact) mass is 368 g/mol. The molecule has 0 N–H and O–H groups in total. The van der Waals surface area contributed by atoms with Crippen molar-refractivity contribution in [3.63, 3.8) is 0 Å². The topological polar surface area (TPSA) is 57.7 Å². The Morgan fingerprint density at radius 3 is 2.32 bits per heavy atom. The van der Waals surface area contributed by atoms with Crippen molar-refractivity contribution in [1.29, 1.82) is 0 Å². The van der Waals surface area contributed by atoms with E-state index in [9.17, 15) is 17.6 Å². The summed E-state index contributed by atoms with van der Waals surface area (Å²) in [5, 5.41) is 0. The minimum Gasteiger partial charge on any atom is -0.342 e. The van der Waals surface area contributed by atoms with Gasteiger partial charge in [-0.25, -0.2) is 12.8 Å². The lowest BCUT2D eigenvalue weighted by atomic mass is 9.95. The maximum atomic E-state index is 13.4. The van der Waals surface area contributed by atoms with Gasteiger partial charge < -0.3 is 4.90 Å². The highest BCUT2D eigenvalue weighted by Gasteiger charge is 2.34. The molecule has 0 aromatic heterocycles. The number of halogens is 1. The molecule has 7 heteroatoms. The molecule has 0 spiro atoms. The Labute approximate surface area is 148 Å². The first kappa shape index (κ1) is 18.3. The third kappa shape index (κ3) is 3.87. The molecular formula is C18H25FN2O3S. The Morgan fingerprint density at radius 1 is 1.08 bits per heavy atom. The second-order valence-corrected chi connectivity index (χ2v) is 8.91. The van der Waals surface area contributed by atoms with Crippen LogP contribution in [0.15, 0.2) is 23.1 Å². The largest absolute Gasteiger partial charge is 0.342 e. The molecule has 1 amide bonds. The van der Waals surface area contributed by atoms with Crippen LogP contribution in [0.4, 0.5) is 4.39 Å². The molecule has 138 valence electrons. The van der Waals surface area contributed by atoms with Crippen molar-refractivity contribution in [2.45, 2.75) is 43.9 Å². The van der Waals surface area contributed by atoms with Gasteiger partial charge in [-0.1, -0.05) is 0 Å². The number of hydrogen-bond acceptors (Lipinski definition) is 3. The van der Waals surface area contributed by atoms with E-state index in [0.29, 0.717) is 31.5 Å². The van der Waals surface area contributed by atoms with Crippen LogP contribution >= 0.6 is 0 Å². The van der Waals surface area contributed by atoms with Crippen LogP contribution in [-0.4, -0.2) is 49.7 Å². The summed E-state index contributed by atoms with van der Waals surface area (Å²) in [4.78, 5) is 14.6. The number of amides is 1. The standard InChI is InChI=1S/C18H25FN2O3S/c1-14-13-16(5-6-17(14)19)25(23,24)21-11-7-15(8-12-21)18(22)20-9-3-2-4-10-20/h5-6,13,15H,2-4,7-12H2,1H3. The summed E-state index contributed by atoms with van der Waals surface area (Å²) in [6, 6.07) is 3.87. The van der Waals surface area contributed by atoms with Crippen LogP contribution in [0.2, 0.25) is 0 Å². The Balaban J connectivity index is 1.64. The number of carbonyl (C=O) groups excluding carboxylic acids is 1. The van der Waals surface area contributed by atoms with E-state index in [4.69, 9.17) is 0 Å². The number of nitrogens with zero attached hydrogens (tertiary/aromatic N) is 2. The van der Waals surface area contributed by atoms with Crippen LogP contribution in [0, 0.1) is 18.7 Å². The lowest BCUT2D eigenvalue weighted by molar-refractivity contribution is -0.137. The maximum absolute atomic E-state index is 13.4. The van der Waals surface area contributed by atoms with Crippen molar-refractivity contribution >= 4 is 15.9 Å². The minimum absolute atomic E-state index is 0.0838. The first-order chi connectivity index (χ1) is 11.9. The molecule has 1 aromatic rings. The molecule has 0 saturated carbocycles. The van der Waals surface area contributed by atoms with Crippen LogP contribution in [0.5, 0.6) is 0 Å². The van der Waals surface area contributed by atoms with Gasteiger partial charge in [0.2, 0.25) is 15.9 Å². The number of benzene rings is 1. The first-order valence-electron chi connectivity index (χ1n) is 8.94. The molecule has 0 radical (unpaired) electrons. The normalized spacial score (nSPS) is 20.6. The van der Waals surface area contributed by atoms with Crippen LogP contribution in [0.3, 0.4) is 0 Å². The Kier molecular flexibility index (Phi) is 5.43. The fraction of sp³-hybridized carbons (Fsp3) is 0.611. The van der Waals surface area contributed by atoms with E-state index in [1.165, 1.54) is 28.9 Å². The molecule has 3 rings (SSSR count). The van der Waals surface area contributed by atoms with Gasteiger partial charge in [-0.05, 0) is 62.8 Å². The fourth-order valence-corrected chi connectivity index (χ4v) is 5.20. The zero-order valence-corrected chi connectivity index (χ0v) is 15.4. The summed E-state index contributed by atoms with van der Waals surface area (Å²) in [5.41, 5.74) is 0.316. The molecule has 1 aromatic carbocycles. The molecular weight excluding hydrogens is 343 g/mol. The number of likely N-dealkylation sites (tertiary alicyclic amines) is 1. The van der Waals surface area contributed by atoms with E-state index in [0.717, 1.165) is 25.9 Å². The van der Waals surface area contributed by atoms with Gasteiger partial charge in [-0.15, -0.1) is 0 Å². The van der Waals surface area contributed by atoms with Gasteiger partial charge in [-0.3, -0.25) is 4.79 Å². The number of aryl methyl sites for hydroxylation is 1. The Morgan fingerprint density at radius 2 is 1.72 bits per heavy atom. The summed E-state index contributed by atoms with van der Waals surface area (Å²) < 4.78 is 40.3. The molecule has 2 saturated heterocycles. The minimum atomic E-state index is -3.63. The van der Waals surface area contributed by atoms with E-state index in [-0.39, 0.29) is 16.7 Å². The molecule has 0 aliphatic carbocycles. The summed E-state index contributed by atoms with van der Waals surface area (Å²) in [6.07, 6.45) is 4.40. The third-order valence-electron chi connectivity index (χ3n) is 5.24. The molecule has 2 aliphatic heterocycles. The number of rotatable bonds is 3. The van der Waals surface area contributed by atoms with E-state index in [2.05, 4.69) is 0 Å². The summed E-state index contributed by atoms with van der Waals surface area (Å²) in [5.74, 6) is -0.321. The van der Waals surface area contributed by atoms with Crippen LogP contribution in [-0.2, 0) is 14.8 Å². The van der Waals surface area contributed by atoms with E-state index in [1.54, 1.807) is 6.92 Å². The highest BCUT2D eigenvalue weighted by molar-refractivity contribution is 7.89. The van der Waals surface area contributed by atoms with Crippen molar-refractivity contribution in [2.75, 3.05) is 26.2 Å². The SMILES string of the molecule is Cc1cc(S(=O)(=O)N2CCC(C(=O)N3CCCCC3)CC2)ccc1F. The van der Waals surface area contributed by atoms with E-state index >= 15 is 0 Å². The molecule has 25 heavy (non-hydrogen) atoms. The number of hydrogen-bond donors (Lipinski definition) is 0. The van der Waals surface area contributed by atoms with Gasteiger partial charge in [0, 0.05) is 32.1 Å². The van der Waals surface area contributed by atoms with Crippen molar-refractivity contribution in [3.05, 3.63) is 29.6 Å². The summed E-state index contributed by atoms with van der Waals surface area (Å²) >= 11 is 0. The highest BCUT2D eigenvalue weighted by Crippen LogP contribution is 2.26. The van der Waals surface area contributed by atoms with Crippen molar-refractivity contribution in [3.8, 4) is 0 Å². The quantitative estimate of drug-likeness (QED) is 0.824. The molecule has 2 heterocycles. The Bertz CT molecular complexity index is 737. The predicted octanol–water partition coefficient (Wildman–Crippen LogP) is 2.55. The number of carbonyl (C=O) groups is 1. The molecule has 0 atom stereocenters. The lowest BCUT2D eigenvalue weighted by Crippen LogP contribution is -2.45. The summed E-state index contributed by atoms with van der Waals surface area (Å²) in [6.45, 7) is 3.88. The molecule has 0 unspecified atom stereocenters. The average Bonchev–Trinajstić information content (AvgIpc) is 2.64. The molecule has 2 fully saturated rings. The van der Waals surface area contributed by atoms with Gasteiger partial charge >= 0.3 is 0 Å². The second-order valence-electron chi connectivity index (χ2n) is 6.98. The second kappa shape index (κ2) is 7.41. The zero-order valence-electron chi connectivity index (χ0n) is 14.6. The predicted molar refractivity (Wildman–Crippen MR) is 93.1 cm³/mol. The highest BCUT2D eigenvalue weighted by atomic mass is 32.2. The lowest BCUT2D eigenvalue weighted by Gasteiger charge is -2.35. The number of piperidine rings is 2. The third-order valence-corrected chi connectivity index (χ3v) is 7.13. The summed E-state index contributed by atoms with van der Waals surface area (Å²) in [7, 11) is -3.63. The Hall–Kier alpha value is -1.47. The van der Waals surface area contributed by atoms with Gasteiger partial charge in [0.05, 0.1) is 4.90 Å². The fourth-order valence-electron chi connectivity index (χ4n) is 3.64. The van der Waals surface area contributed by atoms with Crippen molar-refractivity contribution in [1.82, 2.24) is 9.21 Å². The maximum Gasteiger partial charge on any atom is 0.243 e. The van der Waals surface area contributed by atoms with Crippen LogP contribution in [0.25, 0.3) is 0 Å². The van der Waals surface area contributed by atoms with Gasteiger partial charge in [0.1, 0.15) is 5.82 Å². The zero-order chi connectivity index (χ0) is 18.0. The van der Waals surface area contributed by atoms with E-state index < -0.39 is 15.8 Å². The average molecular weight is 368 g/mol. The molecule has 0 bridgehead atoms. The van der Waals surface area contributed by atoms with Gasteiger partial charge in [0.15, 0.2) is 0 Å². The van der Waals surface area contributed by atoms with Crippen molar-refractivity contribution in [2.24, 2.45) is 5.92 Å². The van der Waals surface area contributed by atoms with E-state index in [1.807, 2.05) is 4.90 Å². The van der Waals surface area contributed by atoms with Gasteiger partial charge in [-0.2, -0.15) is 4.31 Å². The van der Waals surface area contributed by atoms with Crippen LogP contribution < -0.4 is 0 Å². The smallest absolute Gasteiger partial charge is 0.243 e. The molecule has 2 aliphatic rings. The van der Waals surface area contributed by atoms with Crippen LogP contribution in [0.1, 0.15) is 37.7 Å². The molecule has 5 nitrogen and oxygen atoms in total.